The van der Waals surface area contributed by atoms with Crippen molar-refractivity contribution in [2.75, 3.05) is 36.4 Å². The van der Waals surface area contributed by atoms with Crippen LogP contribution in [0, 0.1) is 6.92 Å². The number of carboxylic acid groups (broad SMARTS) is 1. The molecule has 0 amide bonds. The molecule has 1 aliphatic heterocycles. The molecule has 2 N–H and O–H groups in total. The van der Waals surface area contributed by atoms with Crippen molar-refractivity contribution < 1.29 is 9.90 Å². The van der Waals surface area contributed by atoms with Crippen LogP contribution in [0.3, 0.4) is 0 Å². The summed E-state index contributed by atoms with van der Waals surface area (Å²) in [7, 11) is 0. The fraction of sp³-hybridized carbons (Fsp3) is 0.227. The van der Waals surface area contributed by atoms with Crippen LogP contribution >= 0.6 is 23.8 Å². The number of benzene rings is 2. The van der Waals surface area contributed by atoms with E-state index in [0.717, 1.165) is 42.8 Å². The minimum Gasteiger partial charge on any atom is -0.478 e. The molecule has 0 radical (unpaired) electrons. The predicted molar refractivity (Wildman–Crippen MR) is 125 cm³/mol. The lowest BCUT2D eigenvalue weighted by atomic mass is 10.1. The van der Waals surface area contributed by atoms with Gasteiger partial charge in [0.2, 0.25) is 0 Å². The first-order chi connectivity index (χ1) is 14.4. The lowest BCUT2D eigenvalue weighted by Gasteiger charge is -2.38. The van der Waals surface area contributed by atoms with Gasteiger partial charge in [0.15, 0.2) is 5.11 Å². The Hall–Kier alpha value is -2.90. The fourth-order valence-corrected chi connectivity index (χ4v) is 4.23. The van der Waals surface area contributed by atoms with Crippen LogP contribution in [0.4, 0.5) is 11.4 Å². The molecular weight excluding hydrogens is 420 g/mol. The van der Waals surface area contributed by atoms with Crippen molar-refractivity contribution >= 4 is 57.2 Å². The number of hydrogen-bond acceptors (Lipinski definition) is 4. The molecule has 1 fully saturated rings. The lowest BCUT2D eigenvalue weighted by molar-refractivity contribution is 0.0697. The van der Waals surface area contributed by atoms with E-state index in [2.05, 4.69) is 32.2 Å². The maximum absolute atomic E-state index is 11.1. The van der Waals surface area contributed by atoms with Crippen LogP contribution < -0.4 is 10.2 Å². The first-order valence-corrected chi connectivity index (χ1v) is 10.4. The molecule has 6 nitrogen and oxygen atoms in total. The summed E-state index contributed by atoms with van der Waals surface area (Å²) in [6.07, 6.45) is 0. The second kappa shape index (κ2) is 8.45. The standard InChI is InChI=1S/C22H21ClN4O2S/c1-14-12-20(17-4-2-3-5-19(17)24-14)26-8-10-27(11-9-26)22(30)25-15-6-7-16(21(28)29)18(23)13-15/h2-7,12-13H,8-11H2,1H3,(H,25,30)(H,28,29). The van der Waals surface area contributed by atoms with Crippen LogP contribution in [0.1, 0.15) is 16.1 Å². The Kier molecular flexibility index (Phi) is 5.74. The van der Waals surface area contributed by atoms with Gasteiger partial charge in [-0.2, -0.15) is 0 Å². The van der Waals surface area contributed by atoms with Crippen molar-refractivity contribution in [1.82, 2.24) is 9.88 Å². The number of piperazine rings is 1. The molecule has 0 bridgehead atoms. The number of nitrogens with one attached hydrogen (secondary N) is 1. The summed E-state index contributed by atoms with van der Waals surface area (Å²) in [5.74, 6) is -1.05. The number of halogens is 1. The molecule has 8 heteroatoms. The molecule has 0 spiro atoms. The van der Waals surface area contributed by atoms with Gasteiger partial charge < -0.3 is 20.2 Å². The van der Waals surface area contributed by atoms with Gasteiger partial charge in [0.05, 0.1) is 16.1 Å². The van der Waals surface area contributed by atoms with E-state index in [1.54, 1.807) is 12.1 Å². The van der Waals surface area contributed by atoms with Gasteiger partial charge in [-0.3, -0.25) is 4.98 Å². The molecule has 1 aromatic heterocycles. The number of para-hydroxylation sites is 1. The third kappa shape index (κ3) is 4.17. The molecule has 0 unspecified atom stereocenters. The summed E-state index contributed by atoms with van der Waals surface area (Å²) in [5.41, 5.74) is 3.96. The van der Waals surface area contributed by atoms with Crippen LogP contribution in [0.2, 0.25) is 5.02 Å². The number of rotatable bonds is 3. The number of fused-ring (bicyclic) bond motifs is 1. The van der Waals surface area contributed by atoms with Gasteiger partial charge in [-0.25, -0.2) is 4.79 Å². The molecule has 0 saturated carbocycles. The van der Waals surface area contributed by atoms with Gasteiger partial charge in [0.1, 0.15) is 0 Å². The van der Waals surface area contributed by atoms with Crippen LogP contribution in [0.15, 0.2) is 48.5 Å². The summed E-state index contributed by atoms with van der Waals surface area (Å²) in [5, 5.41) is 14.2. The summed E-state index contributed by atoms with van der Waals surface area (Å²) < 4.78 is 0. The molecule has 1 aliphatic rings. The highest BCUT2D eigenvalue weighted by Gasteiger charge is 2.21. The number of pyridine rings is 1. The Morgan fingerprint density at radius 2 is 1.87 bits per heavy atom. The van der Waals surface area contributed by atoms with Crippen molar-refractivity contribution in [2.45, 2.75) is 6.92 Å². The van der Waals surface area contributed by atoms with Gasteiger partial charge in [0, 0.05) is 48.6 Å². The molecular formula is C22H21ClN4O2S. The Labute approximate surface area is 185 Å². The normalized spacial score (nSPS) is 14.1. The van der Waals surface area contributed by atoms with E-state index in [9.17, 15) is 4.79 Å². The third-order valence-corrected chi connectivity index (χ3v) is 5.85. The molecule has 30 heavy (non-hydrogen) atoms. The predicted octanol–water partition coefficient (Wildman–Crippen LogP) is 4.41. The first-order valence-electron chi connectivity index (χ1n) is 9.62. The molecule has 0 atom stereocenters. The molecule has 2 aromatic carbocycles. The molecule has 1 saturated heterocycles. The number of hydrogen-bond donors (Lipinski definition) is 2. The topological polar surface area (TPSA) is 68.7 Å². The van der Waals surface area contributed by atoms with Crippen LogP contribution in [0.25, 0.3) is 10.9 Å². The van der Waals surface area contributed by atoms with E-state index >= 15 is 0 Å². The van der Waals surface area contributed by atoms with Crippen LogP contribution in [-0.2, 0) is 0 Å². The number of nitrogens with zero attached hydrogens (tertiary/aromatic N) is 3. The van der Waals surface area contributed by atoms with Gasteiger partial charge in [-0.15, -0.1) is 0 Å². The van der Waals surface area contributed by atoms with Crippen molar-refractivity contribution in [3.63, 3.8) is 0 Å². The Bertz CT molecular complexity index is 1130. The van der Waals surface area contributed by atoms with Crippen LogP contribution in [0.5, 0.6) is 0 Å². The van der Waals surface area contributed by atoms with E-state index in [-0.39, 0.29) is 10.6 Å². The summed E-state index contributed by atoms with van der Waals surface area (Å²) in [4.78, 5) is 20.2. The monoisotopic (exact) mass is 440 g/mol. The second-order valence-electron chi connectivity index (χ2n) is 7.20. The average molecular weight is 441 g/mol. The number of carboxylic acids is 1. The van der Waals surface area contributed by atoms with E-state index in [4.69, 9.17) is 28.9 Å². The highest BCUT2D eigenvalue weighted by molar-refractivity contribution is 7.80. The molecule has 154 valence electrons. The Morgan fingerprint density at radius 3 is 2.57 bits per heavy atom. The van der Waals surface area contributed by atoms with E-state index in [0.29, 0.717) is 10.8 Å². The number of anilines is 2. The number of aromatic carboxylic acids is 1. The minimum absolute atomic E-state index is 0.0709. The van der Waals surface area contributed by atoms with Crippen molar-refractivity contribution in [1.29, 1.82) is 0 Å². The molecule has 4 rings (SSSR count). The SMILES string of the molecule is Cc1cc(N2CCN(C(=S)Nc3ccc(C(=O)O)c(Cl)c3)CC2)c2ccccc2n1. The Morgan fingerprint density at radius 1 is 1.13 bits per heavy atom. The second-order valence-corrected chi connectivity index (χ2v) is 8.00. The Balaban J connectivity index is 1.43. The average Bonchev–Trinajstić information content (AvgIpc) is 2.73. The number of aryl methyl sites for hydroxylation is 1. The number of thiocarbonyl (C=S) groups is 1. The molecule has 0 aliphatic carbocycles. The van der Waals surface area contributed by atoms with Crippen molar-refractivity contribution in [2.24, 2.45) is 0 Å². The van der Waals surface area contributed by atoms with E-state index in [1.807, 2.05) is 25.1 Å². The maximum atomic E-state index is 11.1. The number of aromatic nitrogens is 1. The lowest BCUT2D eigenvalue weighted by Crippen LogP contribution is -2.50. The highest BCUT2D eigenvalue weighted by Crippen LogP contribution is 2.28. The zero-order valence-electron chi connectivity index (χ0n) is 16.4. The van der Waals surface area contributed by atoms with E-state index < -0.39 is 5.97 Å². The summed E-state index contributed by atoms with van der Waals surface area (Å²) in [6.45, 7) is 5.26. The molecule has 2 heterocycles. The summed E-state index contributed by atoms with van der Waals surface area (Å²) in [6, 6.07) is 15.1. The third-order valence-electron chi connectivity index (χ3n) is 5.18. The zero-order valence-corrected chi connectivity index (χ0v) is 18.0. The van der Waals surface area contributed by atoms with E-state index in [1.165, 1.54) is 11.8 Å². The largest absolute Gasteiger partial charge is 0.478 e. The zero-order chi connectivity index (χ0) is 21.3. The van der Waals surface area contributed by atoms with Crippen molar-refractivity contribution in [3.05, 3.63) is 64.8 Å². The quantitative estimate of drug-likeness (QED) is 0.584. The minimum atomic E-state index is -1.05. The van der Waals surface area contributed by atoms with Crippen molar-refractivity contribution in [3.8, 4) is 0 Å². The summed E-state index contributed by atoms with van der Waals surface area (Å²) >= 11 is 11.6. The smallest absolute Gasteiger partial charge is 0.337 e. The number of carbonyl (C=O) groups is 1. The fourth-order valence-electron chi connectivity index (χ4n) is 3.67. The van der Waals surface area contributed by atoms with Gasteiger partial charge in [0.25, 0.3) is 0 Å². The van der Waals surface area contributed by atoms with Gasteiger partial charge >= 0.3 is 5.97 Å². The van der Waals surface area contributed by atoms with Gasteiger partial charge in [-0.1, -0.05) is 29.8 Å². The molecule has 3 aromatic rings. The van der Waals surface area contributed by atoms with Gasteiger partial charge in [-0.05, 0) is 49.5 Å². The highest BCUT2D eigenvalue weighted by atomic mass is 35.5. The first kappa shape index (κ1) is 20.4. The maximum Gasteiger partial charge on any atom is 0.337 e. The van der Waals surface area contributed by atoms with Crippen LogP contribution in [-0.4, -0.2) is 52.3 Å².